The summed E-state index contributed by atoms with van der Waals surface area (Å²) in [5.41, 5.74) is 0. The molecule has 0 fully saturated rings. The second-order valence-corrected chi connectivity index (χ2v) is 5.67. The van der Waals surface area contributed by atoms with Gasteiger partial charge in [-0.25, -0.2) is 0 Å². The molecule has 0 radical (unpaired) electrons. The van der Waals surface area contributed by atoms with Crippen LogP contribution in [-0.4, -0.2) is 13.1 Å². The maximum atomic E-state index is 3.30. The molecule has 1 N–H and O–H groups in total. The van der Waals surface area contributed by atoms with E-state index in [1.54, 1.807) is 0 Å². The van der Waals surface area contributed by atoms with Gasteiger partial charge in [-0.05, 0) is 32.2 Å². The lowest BCUT2D eigenvalue weighted by Gasteiger charge is -2.15. The van der Waals surface area contributed by atoms with Crippen LogP contribution in [0.3, 0.4) is 0 Å². The molecule has 0 amide bonds. The molecule has 98 valence electrons. The predicted octanol–water partition coefficient (Wildman–Crippen LogP) is 4.62. The quantitative estimate of drug-likeness (QED) is 0.574. The van der Waals surface area contributed by atoms with Crippen LogP contribution < -0.4 is 5.32 Å². The summed E-state index contributed by atoms with van der Waals surface area (Å²) >= 11 is 0. The van der Waals surface area contributed by atoms with Gasteiger partial charge in [-0.15, -0.1) is 0 Å². The van der Waals surface area contributed by atoms with Gasteiger partial charge >= 0.3 is 0 Å². The average molecular weight is 227 g/mol. The number of rotatable bonds is 10. The van der Waals surface area contributed by atoms with Gasteiger partial charge in [-0.1, -0.05) is 59.3 Å². The number of hydrogen-bond donors (Lipinski definition) is 1. The molecule has 0 aromatic rings. The maximum absolute atomic E-state index is 3.30. The van der Waals surface area contributed by atoms with Crippen LogP contribution in [0.1, 0.15) is 72.6 Å². The highest BCUT2D eigenvalue weighted by Gasteiger charge is 2.05. The van der Waals surface area contributed by atoms with Gasteiger partial charge in [-0.2, -0.15) is 0 Å². The summed E-state index contributed by atoms with van der Waals surface area (Å²) in [6, 6.07) is 0.687. The average Bonchev–Trinajstić information content (AvgIpc) is 2.28. The Kier molecular flexibility index (Phi) is 10.1. The van der Waals surface area contributed by atoms with Gasteiger partial charge in [-0.3, -0.25) is 0 Å². The van der Waals surface area contributed by atoms with Crippen LogP contribution in [-0.2, 0) is 0 Å². The molecular formula is C15H33N. The Labute approximate surface area is 103 Å². The van der Waals surface area contributed by atoms with Crippen LogP contribution in [0.25, 0.3) is 0 Å². The van der Waals surface area contributed by atoms with Gasteiger partial charge in [0.05, 0.1) is 0 Å². The third-order valence-corrected chi connectivity index (χ3v) is 3.92. The second-order valence-electron chi connectivity index (χ2n) is 5.67. The molecule has 0 saturated carbocycles. The van der Waals surface area contributed by atoms with E-state index < -0.39 is 0 Å². The molecule has 0 aliphatic rings. The first-order valence-electron chi connectivity index (χ1n) is 7.27. The molecular weight excluding hydrogens is 194 g/mol. The van der Waals surface area contributed by atoms with E-state index in [9.17, 15) is 0 Å². The van der Waals surface area contributed by atoms with Crippen LogP contribution in [0.5, 0.6) is 0 Å². The molecule has 1 nitrogen and oxygen atoms in total. The van der Waals surface area contributed by atoms with Crippen molar-refractivity contribution in [3.05, 3.63) is 0 Å². The van der Waals surface area contributed by atoms with Crippen LogP contribution in [0.15, 0.2) is 0 Å². The van der Waals surface area contributed by atoms with Gasteiger partial charge < -0.3 is 5.32 Å². The Balaban J connectivity index is 3.34. The van der Waals surface area contributed by atoms with Crippen molar-refractivity contribution in [1.29, 1.82) is 0 Å². The molecule has 0 heterocycles. The van der Waals surface area contributed by atoms with Crippen molar-refractivity contribution in [1.82, 2.24) is 5.32 Å². The SMILES string of the molecule is CCC(C)CCCC(C)CCCC(C)NC. The molecule has 3 unspecified atom stereocenters. The Morgan fingerprint density at radius 2 is 1.31 bits per heavy atom. The van der Waals surface area contributed by atoms with Crippen LogP contribution >= 0.6 is 0 Å². The van der Waals surface area contributed by atoms with E-state index in [0.717, 1.165) is 11.8 Å². The van der Waals surface area contributed by atoms with E-state index >= 15 is 0 Å². The van der Waals surface area contributed by atoms with E-state index in [-0.39, 0.29) is 0 Å². The summed E-state index contributed by atoms with van der Waals surface area (Å²) < 4.78 is 0. The van der Waals surface area contributed by atoms with E-state index in [1.807, 2.05) is 0 Å². The Bertz CT molecular complexity index is 128. The van der Waals surface area contributed by atoms with Gasteiger partial charge in [0.1, 0.15) is 0 Å². The minimum absolute atomic E-state index is 0.687. The highest BCUT2D eigenvalue weighted by Crippen LogP contribution is 2.19. The summed E-state index contributed by atoms with van der Waals surface area (Å²) in [6.07, 6.45) is 9.74. The van der Waals surface area contributed by atoms with Crippen molar-refractivity contribution in [3.63, 3.8) is 0 Å². The minimum atomic E-state index is 0.687. The number of hydrogen-bond acceptors (Lipinski definition) is 1. The van der Waals surface area contributed by atoms with Gasteiger partial charge in [0.15, 0.2) is 0 Å². The first-order valence-corrected chi connectivity index (χ1v) is 7.27. The minimum Gasteiger partial charge on any atom is -0.317 e. The van der Waals surface area contributed by atoms with Gasteiger partial charge in [0.25, 0.3) is 0 Å². The normalized spacial score (nSPS) is 17.1. The third kappa shape index (κ3) is 9.21. The predicted molar refractivity (Wildman–Crippen MR) is 74.8 cm³/mol. The Morgan fingerprint density at radius 1 is 0.812 bits per heavy atom. The van der Waals surface area contributed by atoms with Crippen LogP contribution in [0.2, 0.25) is 0 Å². The molecule has 0 saturated heterocycles. The summed E-state index contributed by atoms with van der Waals surface area (Å²) in [6.45, 7) is 9.36. The van der Waals surface area contributed by atoms with Gasteiger partial charge in [0, 0.05) is 6.04 Å². The fourth-order valence-electron chi connectivity index (χ4n) is 2.08. The van der Waals surface area contributed by atoms with Crippen molar-refractivity contribution in [2.24, 2.45) is 11.8 Å². The Morgan fingerprint density at radius 3 is 1.81 bits per heavy atom. The topological polar surface area (TPSA) is 12.0 Å². The lowest BCUT2D eigenvalue weighted by molar-refractivity contribution is 0.398. The molecule has 0 aromatic heterocycles. The molecule has 0 spiro atoms. The smallest absolute Gasteiger partial charge is 0.00357 e. The van der Waals surface area contributed by atoms with Crippen molar-refractivity contribution in [3.8, 4) is 0 Å². The van der Waals surface area contributed by atoms with Crippen LogP contribution in [0, 0.1) is 11.8 Å². The standard InChI is InChI=1S/C15H33N/c1-6-13(2)9-7-10-14(3)11-8-12-15(4)16-5/h13-16H,6-12H2,1-5H3. The van der Waals surface area contributed by atoms with Gasteiger partial charge in [0.2, 0.25) is 0 Å². The molecule has 3 atom stereocenters. The second kappa shape index (κ2) is 10.1. The first-order chi connectivity index (χ1) is 7.60. The monoisotopic (exact) mass is 227 g/mol. The van der Waals surface area contributed by atoms with Crippen molar-refractivity contribution >= 4 is 0 Å². The molecule has 0 bridgehead atoms. The zero-order valence-electron chi connectivity index (χ0n) is 12.2. The summed E-state index contributed by atoms with van der Waals surface area (Å²) in [5, 5.41) is 3.30. The summed E-state index contributed by atoms with van der Waals surface area (Å²) in [7, 11) is 2.06. The fourth-order valence-corrected chi connectivity index (χ4v) is 2.08. The van der Waals surface area contributed by atoms with E-state index in [4.69, 9.17) is 0 Å². The lowest BCUT2D eigenvalue weighted by atomic mass is 9.93. The van der Waals surface area contributed by atoms with Crippen molar-refractivity contribution < 1.29 is 0 Å². The third-order valence-electron chi connectivity index (χ3n) is 3.92. The van der Waals surface area contributed by atoms with E-state index in [0.29, 0.717) is 6.04 Å². The van der Waals surface area contributed by atoms with E-state index in [2.05, 4.69) is 40.1 Å². The van der Waals surface area contributed by atoms with Crippen LogP contribution in [0.4, 0.5) is 0 Å². The fraction of sp³-hybridized carbons (Fsp3) is 1.00. The lowest BCUT2D eigenvalue weighted by Crippen LogP contribution is -2.20. The highest BCUT2D eigenvalue weighted by molar-refractivity contribution is 4.61. The van der Waals surface area contributed by atoms with Crippen molar-refractivity contribution in [2.45, 2.75) is 78.7 Å². The molecule has 1 heteroatoms. The summed E-state index contributed by atoms with van der Waals surface area (Å²) in [4.78, 5) is 0. The van der Waals surface area contributed by atoms with E-state index in [1.165, 1.54) is 44.9 Å². The zero-order valence-corrected chi connectivity index (χ0v) is 12.2. The number of nitrogens with one attached hydrogen (secondary N) is 1. The summed E-state index contributed by atoms with van der Waals surface area (Å²) in [5.74, 6) is 1.85. The molecule has 0 aliphatic carbocycles. The molecule has 16 heavy (non-hydrogen) atoms. The largest absolute Gasteiger partial charge is 0.317 e. The zero-order chi connectivity index (χ0) is 12.4. The highest BCUT2D eigenvalue weighted by atomic mass is 14.8. The van der Waals surface area contributed by atoms with Crippen molar-refractivity contribution in [2.75, 3.05) is 7.05 Å². The molecule has 0 rings (SSSR count). The molecule has 0 aromatic carbocycles. The Hall–Kier alpha value is -0.0400. The maximum Gasteiger partial charge on any atom is 0.00357 e. The molecule has 0 aliphatic heterocycles. The first kappa shape index (κ1) is 16.0.